The molecule has 7 heteroatoms. The molecule has 1 aromatic heterocycles. The fraction of sp³-hybridized carbons (Fsp3) is 0.455. The van der Waals surface area contributed by atoms with Crippen LogP contribution >= 0.6 is 0 Å². The van der Waals surface area contributed by atoms with E-state index in [2.05, 4.69) is 10.3 Å². The maximum atomic E-state index is 12.8. The summed E-state index contributed by atoms with van der Waals surface area (Å²) >= 11 is 0. The van der Waals surface area contributed by atoms with Gasteiger partial charge in [-0.2, -0.15) is 0 Å². The lowest BCUT2D eigenvalue weighted by Crippen LogP contribution is -2.38. The molecule has 1 aromatic carbocycles. The molecule has 1 fully saturated rings. The zero-order chi connectivity index (χ0) is 20.8. The topological polar surface area (TPSA) is 83.7 Å². The molecule has 1 aliphatic heterocycles. The van der Waals surface area contributed by atoms with Gasteiger partial charge in [0, 0.05) is 50.4 Å². The fourth-order valence-electron chi connectivity index (χ4n) is 3.88. The summed E-state index contributed by atoms with van der Waals surface area (Å²) in [4.78, 5) is 29.6. The largest absolute Gasteiger partial charge is 0.497 e. The zero-order valence-electron chi connectivity index (χ0n) is 17.3. The van der Waals surface area contributed by atoms with Crippen molar-refractivity contribution in [2.45, 2.75) is 32.1 Å². The summed E-state index contributed by atoms with van der Waals surface area (Å²) in [7, 11) is 3.24. The lowest BCUT2D eigenvalue weighted by Gasteiger charge is -2.32. The molecule has 7 nitrogen and oxygen atoms in total. The number of likely N-dealkylation sites (tertiary alicyclic amines) is 1. The molecule has 0 aliphatic carbocycles. The minimum absolute atomic E-state index is 0.0840. The van der Waals surface area contributed by atoms with Crippen molar-refractivity contribution in [3.8, 4) is 11.5 Å². The molecule has 2 N–H and O–H groups in total. The van der Waals surface area contributed by atoms with Crippen LogP contribution in [-0.2, 0) is 11.2 Å². The third-order valence-electron chi connectivity index (χ3n) is 5.47. The molecule has 2 amide bonds. The number of methoxy groups -OCH3 is 2. The van der Waals surface area contributed by atoms with Crippen molar-refractivity contribution in [3.63, 3.8) is 0 Å². The predicted molar refractivity (Wildman–Crippen MR) is 111 cm³/mol. The van der Waals surface area contributed by atoms with Crippen LogP contribution in [0.5, 0.6) is 11.5 Å². The van der Waals surface area contributed by atoms with E-state index in [1.54, 1.807) is 27.3 Å². The third-order valence-corrected chi connectivity index (χ3v) is 5.47. The molecule has 0 spiro atoms. The van der Waals surface area contributed by atoms with Gasteiger partial charge in [0.1, 0.15) is 11.5 Å². The van der Waals surface area contributed by atoms with Crippen LogP contribution in [0.15, 0.2) is 30.5 Å². The first kappa shape index (κ1) is 20.8. The van der Waals surface area contributed by atoms with Crippen molar-refractivity contribution in [1.29, 1.82) is 0 Å². The van der Waals surface area contributed by atoms with Gasteiger partial charge in [-0.15, -0.1) is 0 Å². The number of H-pyrrole nitrogens is 1. The van der Waals surface area contributed by atoms with Gasteiger partial charge in [0.05, 0.1) is 19.8 Å². The molecule has 1 saturated heterocycles. The van der Waals surface area contributed by atoms with Crippen LogP contribution < -0.4 is 14.8 Å². The number of amides is 2. The van der Waals surface area contributed by atoms with Crippen molar-refractivity contribution in [2.75, 3.05) is 33.9 Å². The van der Waals surface area contributed by atoms with Crippen molar-refractivity contribution < 1.29 is 19.1 Å². The Hall–Kier alpha value is -2.96. The number of carbonyl (C=O) groups is 2. The highest BCUT2D eigenvalue weighted by Gasteiger charge is 2.27. The predicted octanol–water partition coefficient (Wildman–Crippen LogP) is 2.73. The molecule has 1 atom stereocenters. The molecule has 0 saturated carbocycles. The van der Waals surface area contributed by atoms with Gasteiger partial charge in [0.15, 0.2) is 0 Å². The first-order chi connectivity index (χ1) is 14.0. The standard InChI is InChI=1S/C22H29N3O4/c1-15(26)25-12-4-5-17(14-25)21-19(9-11-23-21)22(27)24-10-8-16-6-7-18(28-2)13-20(16)29-3/h6-7,9,11,13,17,23H,4-5,8,10,12,14H2,1-3H3,(H,24,27). The van der Waals surface area contributed by atoms with Gasteiger partial charge in [0.25, 0.3) is 5.91 Å². The number of nitrogens with one attached hydrogen (secondary N) is 2. The summed E-state index contributed by atoms with van der Waals surface area (Å²) < 4.78 is 10.6. The third kappa shape index (κ3) is 4.91. The first-order valence-electron chi connectivity index (χ1n) is 9.95. The Balaban J connectivity index is 1.61. The van der Waals surface area contributed by atoms with E-state index in [9.17, 15) is 9.59 Å². The van der Waals surface area contributed by atoms with Crippen LogP contribution in [-0.4, -0.2) is 55.6 Å². The molecule has 1 unspecified atom stereocenters. The number of rotatable bonds is 7. The van der Waals surface area contributed by atoms with E-state index in [-0.39, 0.29) is 17.7 Å². The molecular weight excluding hydrogens is 370 g/mol. The number of aromatic amines is 1. The number of aromatic nitrogens is 1. The number of benzene rings is 1. The lowest BCUT2D eigenvalue weighted by molar-refractivity contribution is -0.130. The van der Waals surface area contributed by atoms with Gasteiger partial charge < -0.3 is 24.7 Å². The average Bonchev–Trinajstić information content (AvgIpc) is 3.24. The normalized spacial score (nSPS) is 16.4. The lowest BCUT2D eigenvalue weighted by atomic mass is 9.92. The first-order valence-corrected chi connectivity index (χ1v) is 9.95. The molecular formula is C22H29N3O4. The summed E-state index contributed by atoms with van der Waals surface area (Å²) in [5.74, 6) is 1.62. The summed E-state index contributed by atoms with van der Waals surface area (Å²) in [6, 6.07) is 7.48. The van der Waals surface area contributed by atoms with E-state index < -0.39 is 0 Å². The molecule has 2 heterocycles. The smallest absolute Gasteiger partial charge is 0.253 e. The SMILES string of the molecule is COc1ccc(CCNC(=O)c2cc[nH]c2C2CCCN(C(C)=O)C2)c(OC)c1. The van der Waals surface area contributed by atoms with Crippen LogP contribution in [0.25, 0.3) is 0 Å². The van der Waals surface area contributed by atoms with Crippen molar-refractivity contribution in [2.24, 2.45) is 0 Å². The van der Waals surface area contributed by atoms with Crippen molar-refractivity contribution >= 4 is 11.8 Å². The van der Waals surface area contributed by atoms with E-state index >= 15 is 0 Å². The number of hydrogen-bond donors (Lipinski definition) is 2. The Morgan fingerprint density at radius 2 is 2.07 bits per heavy atom. The average molecular weight is 399 g/mol. The summed E-state index contributed by atoms with van der Waals surface area (Å²) in [5, 5.41) is 3.00. The second-order valence-corrected chi connectivity index (χ2v) is 7.29. The van der Waals surface area contributed by atoms with Gasteiger partial charge in [-0.1, -0.05) is 6.07 Å². The summed E-state index contributed by atoms with van der Waals surface area (Å²) in [5.41, 5.74) is 2.57. The molecule has 0 radical (unpaired) electrons. The molecule has 3 rings (SSSR count). The Kier molecular flexibility index (Phi) is 6.80. The van der Waals surface area contributed by atoms with Crippen LogP contribution in [0, 0.1) is 0 Å². The number of ether oxygens (including phenoxy) is 2. The highest BCUT2D eigenvalue weighted by atomic mass is 16.5. The zero-order valence-corrected chi connectivity index (χ0v) is 17.3. The quantitative estimate of drug-likeness (QED) is 0.750. The molecule has 0 bridgehead atoms. The van der Waals surface area contributed by atoms with Gasteiger partial charge >= 0.3 is 0 Å². The number of carbonyl (C=O) groups excluding carboxylic acids is 2. The highest BCUT2D eigenvalue weighted by Crippen LogP contribution is 2.28. The summed E-state index contributed by atoms with van der Waals surface area (Å²) in [6.45, 7) is 3.53. The van der Waals surface area contributed by atoms with Crippen LogP contribution in [0.4, 0.5) is 0 Å². The molecule has 156 valence electrons. The van der Waals surface area contributed by atoms with Crippen LogP contribution in [0.3, 0.4) is 0 Å². The van der Waals surface area contributed by atoms with Crippen molar-refractivity contribution in [3.05, 3.63) is 47.3 Å². The number of hydrogen-bond acceptors (Lipinski definition) is 4. The Bertz CT molecular complexity index is 861. The monoisotopic (exact) mass is 399 g/mol. The number of nitrogens with zero attached hydrogens (tertiary/aromatic N) is 1. The molecule has 29 heavy (non-hydrogen) atoms. The van der Waals surface area contributed by atoms with Gasteiger partial charge in [-0.3, -0.25) is 9.59 Å². The van der Waals surface area contributed by atoms with E-state index in [0.29, 0.717) is 25.1 Å². The van der Waals surface area contributed by atoms with Gasteiger partial charge in [0.2, 0.25) is 5.91 Å². The summed E-state index contributed by atoms with van der Waals surface area (Å²) in [6.07, 6.45) is 4.36. The van der Waals surface area contributed by atoms with Gasteiger partial charge in [-0.25, -0.2) is 0 Å². The Morgan fingerprint density at radius 3 is 2.79 bits per heavy atom. The molecule has 2 aromatic rings. The second kappa shape index (κ2) is 9.49. The number of piperidine rings is 1. The van der Waals surface area contributed by atoms with Crippen LogP contribution in [0.2, 0.25) is 0 Å². The minimum Gasteiger partial charge on any atom is -0.497 e. The van der Waals surface area contributed by atoms with E-state index in [4.69, 9.17) is 9.47 Å². The molecule has 1 aliphatic rings. The van der Waals surface area contributed by atoms with E-state index in [1.165, 1.54) is 0 Å². The van der Waals surface area contributed by atoms with Crippen LogP contribution in [0.1, 0.15) is 47.3 Å². The second-order valence-electron chi connectivity index (χ2n) is 7.29. The van der Waals surface area contributed by atoms with Crippen molar-refractivity contribution in [1.82, 2.24) is 15.2 Å². The maximum absolute atomic E-state index is 12.8. The fourth-order valence-corrected chi connectivity index (χ4v) is 3.88. The maximum Gasteiger partial charge on any atom is 0.253 e. The van der Waals surface area contributed by atoms with E-state index in [0.717, 1.165) is 42.1 Å². The Morgan fingerprint density at radius 1 is 1.24 bits per heavy atom. The Labute approximate surface area is 171 Å². The minimum atomic E-state index is -0.103. The van der Waals surface area contributed by atoms with E-state index in [1.807, 2.05) is 29.2 Å². The van der Waals surface area contributed by atoms with Gasteiger partial charge in [-0.05, 0) is 37.0 Å². The highest BCUT2D eigenvalue weighted by molar-refractivity contribution is 5.95.